The zero-order chi connectivity index (χ0) is 15.9. The molecule has 0 atom stereocenters. The molecule has 5 heteroatoms. The molecule has 0 aromatic heterocycles. The van der Waals surface area contributed by atoms with Gasteiger partial charge in [-0.05, 0) is 51.0 Å². The second kappa shape index (κ2) is 7.82. The highest BCUT2D eigenvalue weighted by Crippen LogP contribution is 2.18. The van der Waals surface area contributed by atoms with Crippen LogP contribution in [0.1, 0.15) is 46.0 Å². The van der Waals surface area contributed by atoms with Crippen LogP contribution in [-0.2, 0) is 9.59 Å². The molecule has 0 spiro atoms. The average Bonchev–Trinajstić information content (AvgIpc) is 2.93. The molecule has 1 aromatic rings. The Hall–Kier alpha value is -2.04. The number of hydrogen-bond acceptors (Lipinski definition) is 3. The van der Waals surface area contributed by atoms with E-state index in [9.17, 15) is 9.59 Å². The van der Waals surface area contributed by atoms with Gasteiger partial charge in [0.05, 0.1) is 6.10 Å². The number of benzene rings is 1. The van der Waals surface area contributed by atoms with E-state index in [1.54, 1.807) is 24.3 Å². The molecule has 5 nitrogen and oxygen atoms in total. The fourth-order valence-corrected chi connectivity index (χ4v) is 2.59. The van der Waals surface area contributed by atoms with E-state index in [0.29, 0.717) is 5.69 Å². The normalized spacial score (nSPS) is 14.9. The van der Waals surface area contributed by atoms with E-state index < -0.39 is 0 Å². The summed E-state index contributed by atoms with van der Waals surface area (Å²) in [5.41, 5.74) is 0.662. The Morgan fingerprint density at radius 3 is 2.36 bits per heavy atom. The second-order valence-corrected chi connectivity index (χ2v) is 5.96. The zero-order valence-electron chi connectivity index (χ0n) is 13.2. The van der Waals surface area contributed by atoms with Gasteiger partial charge in [-0.25, -0.2) is 0 Å². The predicted octanol–water partition coefficient (Wildman–Crippen LogP) is 2.86. The Labute approximate surface area is 131 Å². The van der Waals surface area contributed by atoms with Crippen LogP contribution >= 0.6 is 0 Å². The van der Waals surface area contributed by atoms with Gasteiger partial charge >= 0.3 is 0 Å². The molecule has 1 aliphatic rings. The fourth-order valence-electron chi connectivity index (χ4n) is 2.59. The monoisotopic (exact) mass is 304 g/mol. The summed E-state index contributed by atoms with van der Waals surface area (Å²) < 4.78 is 5.54. The van der Waals surface area contributed by atoms with Crippen LogP contribution in [0.5, 0.6) is 5.75 Å². The van der Waals surface area contributed by atoms with Gasteiger partial charge in [0, 0.05) is 11.7 Å². The molecule has 120 valence electrons. The molecular formula is C17H24N2O3. The Kier molecular flexibility index (Phi) is 5.81. The van der Waals surface area contributed by atoms with Crippen LogP contribution in [0.3, 0.4) is 0 Å². The molecule has 1 fully saturated rings. The Balaban J connectivity index is 1.77. The van der Waals surface area contributed by atoms with Gasteiger partial charge in [-0.1, -0.05) is 12.8 Å². The number of amides is 2. The molecule has 0 heterocycles. The maximum Gasteiger partial charge on any atom is 0.233 e. The van der Waals surface area contributed by atoms with Crippen molar-refractivity contribution in [3.63, 3.8) is 0 Å². The highest BCUT2D eigenvalue weighted by molar-refractivity contribution is 6.03. The van der Waals surface area contributed by atoms with E-state index in [2.05, 4.69) is 10.6 Å². The molecule has 1 saturated carbocycles. The molecular weight excluding hydrogens is 280 g/mol. The van der Waals surface area contributed by atoms with Crippen molar-refractivity contribution < 1.29 is 14.3 Å². The number of nitrogens with one attached hydrogen (secondary N) is 2. The molecule has 0 saturated heterocycles. The zero-order valence-corrected chi connectivity index (χ0v) is 13.2. The first-order chi connectivity index (χ1) is 10.5. The first-order valence-electron chi connectivity index (χ1n) is 7.89. The van der Waals surface area contributed by atoms with Crippen LogP contribution in [0.15, 0.2) is 24.3 Å². The molecule has 0 unspecified atom stereocenters. The van der Waals surface area contributed by atoms with Gasteiger partial charge in [0.2, 0.25) is 11.8 Å². The summed E-state index contributed by atoms with van der Waals surface area (Å²) in [6.45, 7) is 3.91. The SMILES string of the molecule is CC(C)Oc1ccc(NC(=O)CC(=O)NC2CCCC2)cc1. The van der Waals surface area contributed by atoms with Gasteiger partial charge in [-0.15, -0.1) is 0 Å². The Bertz CT molecular complexity index is 505. The van der Waals surface area contributed by atoms with Gasteiger partial charge in [-0.3, -0.25) is 9.59 Å². The first kappa shape index (κ1) is 16.3. The molecule has 1 aromatic carbocycles. The van der Waals surface area contributed by atoms with Gasteiger partial charge < -0.3 is 15.4 Å². The van der Waals surface area contributed by atoms with Gasteiger partial charge in [0.15, 0.2) is 0 Å². The quantitative estimate of drug-likeness (QED) is 0.794. The maximum atomic E-state index is 11.9. The lowest BCUT2D eigenvalue weighted by atomic mass is 10.2. The van der Waals surface area contributed by atoms with E-state index in [1.165, 1.54) is 0 Å². The summed E-state index contributed by atoms with van der Waals surface area (Å²) in [6.07, 6.45) is 4.32. The van der Waals surface area contributed by atoms with Gasteiger partial charge in [0.25, 0.3) is 0 Å². The average molecular weight is 304 g/mol. The van der Waals surface area contributed by atoms with Gasteiger partial charge in [-0.2, -0.15) is 0 Å². The number of carbonyl (C=O) groups excluding carboxylic acids is 2. The molecule has 0 bridgehead atoms. The standard InChI is InChI=1S/C17H24N2O3/c1-12(2)22-15-9-7-14(8-10-15)19-17(21)11-16(20)18-13-5-3-4-6-13/h7-10,12-13H,3-6,11H2,1-2H3,(H,18,20)(H,19,21). The van der Waals surface area contributed by atoms with Crippen LogP contribution in [0.2, 0.25) is 0 Å². The third-order valence-corrected chi connectivity index (χ3v) is 3.55. The van der Waals surface area contributed by atoms with E-state index in [-0.39, 0.29) is 30.4 Å². The summed E-state index contributed by atoms with van der Waals surface area (Å²) in [5, 5.41) is 5.63. The molecule has 2 amide bonds. The topological polar surface area (TPSA) is 67.4 Å². The lowest BCUT2D eigenvalue weighted by Crippen LogP contribution is -2.34. The van der Waals surface area contributed by atoms with Crippen molar-refractivity contribution in [3.8, 4) is 5.75 Å². The van der Waals surface area contributed by atoms with Crippen LogP contribution in [-0.4, -0.2) is 24.0 Å². The van der Waals surface area contributed by atoms with Crippen molar-refractivity contribution in [1.29, 1.82) is 0 Å². The van der Waals surface area contributed by atoms with Gasteiger partial charge in [0.1, 0.15) is 12.2 Å². The third kappa shape index (κ3) is 5.39. The Morgan fingerprint density at radius 2 is 1.77 bits per heavy atom. The van der Waals surface area contributed by atoms with Crippen molar-refractivity contribution in [2.45, 2.75) is 58.1 Å². The summed E-state index contributed by atoms with van der Waals surface area (Å²) in [7, 11) is 0. The number of hydrogen-bond donors (Lipinski definition) is 2. The largest absolute Gasteiger partial charge is 0.491 e. The minimum atomic E-state index is -0.298. The molecule has 2 rings (SSSR count). The molecule has 22 heavy (non-hydrogen) atoms. The summed E-state index contributed by atoms with van der Waals surface area (Å²) in [5.74, 6) is 0.254. The highest BCUT2D eigenvalue weighted by atomic mass is 16.5. The van der Waals surface area contributed by atoms with Crippen molar-refractivity contribution in [2.24, 2.45) is 0 Å². The van der Waals surface area contributed by atoms with E-state index in [1.807, 2.05) is 13.8 Å². The smallest absolute Gasteiger partial charge is 0.233 e. The van der Waals surface area contributed by atoms with Crippen LogP contribution in [0, 0.1) is 0 Å². The summed E-state index contributed by atoms with van der Waals surface area (Å²) in [4.78, 5) is 23.6. The van der Waals surface area contributed by atoms with E-state index >= 15 is 0 Å². The summed E-state index contributed by atoms with van der Waals surface area (Å²) >= 11 is 0. The number of anilines is 1. The molecule has 0 aliphatic heterocycles. The minimum Gasteiger partial charge on any atom is -0.491 e. The van der Waals surface area contributed by atoms with Crippen LogP contribution in [0.25, 0.3) is 0 Å². The lowest BCUT2D eigenvalue weighted by Gasteiger charge is -2.12. The number of carbonyl (C=O) groups is 2. The molecule has 2 N–H and O–H groups in total. The van der Waals surface area contributed by atoms with E-state index in [0.717, 1.165) is 31.4 Å². The second-order valence-electron chi connectivity index (χ2n) is 5.96. The maximum absolute atomic E-state index is 11.9. The molecule has 0 radical (unpaired) electrons. The van der Waals surface area contributed by atoms with Crippen molar-refractivity contribution in [2.75, 3.05) is 5.32 Å². The minimum absolute atomic E-state index is 0.111. The van der Waals surface area contributed by atoms with Crippen molar-refractivity contribution in [3.05, 3.63) is 24.3 Å². The van der Waals surface area contributed by atoms with Crippen molar-refractivity contribution >= 4 is 17.5 Å². The van der Waals surface area contributed by atoms with Crippen LogP contribution in [0.4, 0.5) is 5.69 Å². The fraction of sp³-hybridized carbons (Fsp3) is 0.529. The summed E-state index contributed by atoms with van der Waals surface area (Å²) in [6, 6.07) is 7.38. The lowest BCUT2D eigenvalue weighted by molar-refractivity contribution is -0.127. The third-order valence-electron chi connectivity index (χ3n) is 3.55. The van der Waals surface area contributed by atoms with Crippen LogP contribution < -0.4 is 15.4 Å². The molecule has 1 aliphatic carbocycles. The number of rotatable bonds is 6. The van der Waals surface area contributed by atoms with E-state index in [4.69, 9.17) is 4.74 Å². The first-order valence-corrected chi connectivity index (χ1v) is 7.89. The van der Waals surface area contributed by atoms with Crippen molar-refractivity contribution in [1.82, 2.24) is 5.32 Å². The number of ether oxygens (including phenoxy) is 1. The predicted molar refractivity (Wildman–Crippen MR) is 85.9 cm³/mol. The Morgan fingerprint density at radius 1 is 1.14 bits per heavy atom. The highest BCUT2D eigenvalue weighted by Gasteiger charge is 2.18.